The van der Waals surface area contributed by atoms with E-state index in [4.69, 9.17) is 8.83 Å². The van der Waals surface area contributed by atoms with Crippen molar-refractivity contribution in [1.82, 2.24) is 0 Å². The Balaban J connectivity index is 2.38. The zero-order chi connectivity index (χ0) is 25.7. The first-order valence-electron chi connectivity index (χ1n) is 9.96. The van der Waals surface area contributed by atoms with Crippen molar-refractivity contribution in [3.05, 3.63) is 51.6 Å². The van der Waals surface area contributed by atoms with Crippen LogP contribution < -0.4 is 15.7 Å². The topological polar surface area (TPSA) is 169 Å². The van der Waals surface area contributed by atoms with Crippen molar-refractivity contribution in [3.63, 3.8) is 0 Å². The molecule has 36 heavy (non-hydrogen) atoms. The van der Waals surface area contributed by atoms with Crippen molar-refractivity contribution in [1.29, 1.82) is 31.6 Å². The summed E-state index contributed by atoms with van der Waals surface area (Å²) in [6, 6.07) is 16.6. The molecule has 0 amide bonds. The molecule has 0 spiro atoms. The molecule has 0 aliphatic carbocycles. The van der Waals surface area contributed by atoms with Crippen LogP contribution in [0.5, 0.6) is 0 Å². The molecule has 0 saturated heterocycles. The quantitative estimate of drug-likeness (QED) is 0.302. The molecule has 0 fully saturated rings. The number of hydrogen-bond donors (Lipinski definition) is 0. The van der Waals surface area contributed by atoms with Crippen LogP contribution in [0.15, 0.2) is 33.1 Å². The smallest absolute Gasteiger partial charge is 0.156 e. The molecule has 2 heterocycles. The van der Waals surface area contributed by atoms with Gasteiger partial charge in [-0.2, -0.15) is 31.6 Å². The second-order valence-electron chi connectivity index (χ2n) is 7.49. The summed E-state index contributed by atoms with van der Waals surface area (Å²) >= 11 is 0. The van der Waals surface area contributed by atoms with E-state index in [2.05, 4.69) is 9.24 Å². The molecule has 0 aliphatic heterocycles. The zero-order valence-corrected chi connectivity index (χ0v) is 18.9. The summed E-state index contributed by atoms with van der Waals surface area (Å²) in [5.74, 6) is -0.859. The Morgan fingerprint density at radius 1 is 0.639 bits per heavy atom. The third-order valence-electron chi connectivity index (χ3n) is 5.82. The second kappa shape index (κ2) is 7.96. The van der Waals surface area contributed by atoms with Crippen LogP contribution in [-0.4, -0.2) is 0 Å². The molecule has 0 radical (unpaired) electrons. The van der Waals surface area contributed by atoms with Crippen LogP contribution in [0.2, 0.25) is 0 Å². The van der Waals surface area contributed by atoms with Crippen LogP contribution in [0, 0.1) is 73.8 Å². The van der Waals surface area contributed by atoms with E-state index in [0.717, 1.165) is 6.07 Å². The number of rotatable bonds is 0. The minimum Gasteiger partial charge on any atom is -0.454 e. The largest absolute Gasteiger partial charge is 0.454 e. The number of halogens is 1. The van der Waals surface area contributed by atoms with Crippen molar-refractivity contribution in [2.45, 2.75) is 0 Å². The van der Waals surface area contributed by atoms with E-state index >= 15 is 0 Å². The highest BCUT2D eigenvalue weighted by Gasteiger charge is 2.25. The summed E-state index contributed by atoms with van der Waals surface area (Å²) in [6.07, 6.45) is 0. The first-order chi connectivity index (χ1) is 17.4. The number of benzene rings is 3. The van der Waals surface area contributed by atoms with E-state index in [1.165, 1.54) is 6.07 Å². The lowest BCUT2D eigenvalue weighted by Gasteiger charge is -1.99. The third kappa shape index (κ3) is 2.71. The van der Waals surface area contributed by atoms with Gasteiger partial charge >= 0.3 is 0 Å². The second-order valence-corrected chi connectivity index (χ2v) is 8.11. The molecule has 2 aromatic heterocycles. The van der Waals surface area contributed by atoms with Crippen LogP contribution >= 0.6 is 9.24 Å². The molecule has 0 bridgehead atoms. The molecule has 0 saturated carbocycles. The van der Waals surface area contributed by atoms with Crippen LogP contribution in [0.1, 0.15) is 11.1 Å². The van der Waals surface area contributed by atoms with E-state index in [1.54, 1.807) is 18.2 Å². The van der Waals surface area contributed by atoms with Gasteiger partial charge in [0, 0.05) is 21.5 Å². The molecule has 5 rings (SSSR count). The predicted octanol–water partition coefficient (Wildman–Crippen LogP) is 3.26. The van der Waals surface area contributed by atoms with Crippen molar-refractivity contribution in [2.24, 2.45) is 0 Å². The lowest BCUT2D eigenvalue weighted by molar-refractivity contribution is 0.613. The number of nitrogens with zero attached hydrogens (tertiary/aromatic N) is 6. The summed E-state index contributed by atoms with van der Waals surface area (Å²) in [4.78, 5) is 0. The van der Waals surface area contributed by atoms with Gasteiger partial charge in [0.25, 0.3) is 0 Å². The molecule has 3 aromatic carbocycles. The first kappa shape index (κ1) is 22.1. The van der Waals surface area contributed by atoms with Crippen molar-refractivity contribution in [3.8, 4) is 36.4 Å². The Morgan fingerprint density at radius 2 is 1.08 bits per heavy atom. The Bertz CT molecular complexity index is 2060. The minimum absolute atomic E-state index is 0.0244. The predicted molar refractivity (Wildman–Crippen MR) is 128 cm³/mol. The molecule has 164 valence electrons. The van der Waals surface area contributed by atoms with Crippen LogP contribution in [0.25, 0.3) is 55.0 Å². The maximum atomic E-state index is 14.4. The van der Waals surface area contributed by atoms with Gasteiger partial charge in [0.1, 0.15) is 75.7 Å². The maximum absolute atomic E-state index is 14.4. The van der Waals surface area contributed by atoms with Gasteiger partial charge in [0.2, 0.25) is 0 Å². The van der Waals surface area contributed by atoms with Gasteiger partial charge in [0.05, 0.1) is 10.4 Å². The van der Waals surface area contributed by atoms with E-state index in [1.807, 2.05) is 30.3 Å². The molecule has 8 nitrogen and oxygen atoms in total. The highest BCUT2D eigenvalue weighted by atomic mass is 31.0. The van der Waals surface area contributed by atoms with Crippen molar-refractivity contribution >= 4 is 69.6 Å². The van der Waals surface area contributed by atoms with Gasteiger partial charge in [-0.15, -0.1) is 9.24 Å². The lowest BCUT2D eigenvalue weighted by atomic mass is 9.98. The van der Waals surface area contributed by atoms with E-state index in [-0.39, 0.29) is 65.6 Å². The molecule has 0 N–H and O–H groups in total. The highest BCUT2D eigenvalue weighted by Crippen LogP contribution is 2.34. The van der Waals surface area contributed by atoms with Gasteiger partial charge in [0.15, 0.2) is 11.2 Å². The van der Waals surface area contributed by atoms with Crippen LogP contribution in [0.3, 0.4) is 0 Å². The summed E-state index contributed by atoms with van der Waals surface area (Å²) in [5.41, 5.74) is -1.24. The fourth-order valence-electron chi connectivity index (χ4n) is 4.36. The van der Waals surface area contributed by atoms with E-state index < -0.39 is 11.4 Å². The van der Waals surface area contributed by atoms with Crippen molar-refractivity contribution in [2.75, 3.05) is 0 Å². The molecular weight excluding hydrogens is 478 g/mol. The first-order valence-corrected chi connectivity index (χ1v) is 10.5. The summed E-state index contributed by atoms with van der Waals surface area (Å²) in [7, 11) is 2.41. The van der Waals surface area contributed by atoms with Crippen LogP contribution in [0.4, 0.5) is 4.39 Å². The minimum atomic E-state index is -0.859. The Labute approximate surface area is 202 Å². The summed E-state index contributed by atoms with van der Waals surface area (Å²) in [6.45, 7) is 0. The van der Waals surface area contributed by atoms with Gasteiger partial charge in [-0.3, -0.25) is 0 Å². The SMILES string of the molecule is N#CC(C#N)=c1c2oc3c(C#N)c(P)ccc3c2c(=C(C#N)C#N)c2oc3c(C#N)c(F)ccc3c12. The average Bonchev–Trinajstić information content (AvgIpc) is 3.45. The Kier molecular flexibility index (Phi) is 4.89. The number of fused-ring (bicyclic) bond motifs is 6. The molecular formula is C26H6FN6O2P. The fourth-order valence-corrected chi connectivity index (χ4v) is 4.65. The third-order valence-corrected chi connectivity index (χ3v) is 6.30. The van der Waals surface area contributed by atoms with Crippen molar-refractivity contribution < 1.29 is 13.2 Å². The number of nitriles is 6. The summed E-state index contributed by atoms with van der Waals surface area (Å²) in [5, 5.41) is 59.6. The van der Waals surface area contributed by atoms with Gasteiger partial charge in [-0.05, 0) is 23.5 Å². The average molecular weight is 484 g/mol. The molecule has 10 heteroatoms. The Hall–Kier alpha value is -5.70. The molecule has 1 unspecified atom stereocenters. The molecule has 5 aromatic rings. The molecule has 0 aliphatic rings. The van der Waals surface area contributed by atoms with Crippen LogP contribution in [-0.2, 0) is 0 Å². The monoisotopic (exact) mass is 484 g/mol. The normalized spacial score (nSPS) is 10.3. The Morgan fingerprint density at radius 3 is 1.53 bits per heavy atom. The van der Waals surface area contributed by atoms with E-state index in [0.29, 0.717) is 10.7 Å². The van der Waals surface area contributed by atoms with Gasteiger partial charge in [-0.1, -0.05) is 6.07 Å². The molecule has 1 atom stereocenters. The fraction of sp³-hybridized carbons (Fsp3) is 0. The van der Waals surface area contributed by atoms with Gasteiger partial charge < -0.3 is 8.83 Å². The number of furan rings is 2. The van der Waals surface area contributed by atoms with Gasteiger partial charge in [-0.25, -0.2) is 4.39 Å². The van der Waals surface area contributed by atoms with E-state index in [9.17, 15) is 36.0 Å². The maximum Gasteiger partial charge on any atom is 0.156 e. The number of hydrogen-bond acceptors (Lipinski definition) is 8. The summed E-state index contributed by atoms with van der Waals surface area (Å²) < 4.78 is 26.4. The standard InChI is InChI=1S/C26H6FN6O2P/c27-17-3-1-13-21-19(11(5-28)6-29)26-22(14-2-4-18(36)16(10-33)24(14)35-26)20(12(7-30)8-31)25(21)34-23(13)15(17)9-32/h1-4H,36H2. The zero-order valence-electron chi connectivity index (χ0n) is 17.8. The lowest BCUT2D eigenvalue weighted by Crippen LogP contribution is -2.16. The highest BCUT2D eigenvalue weighted by molar-refractivity contribution is 7.27.